The fourth-order valence-corrected chi connectivity index (χ4v) is 2.97. The fraction of sp³-hybridized carbons (Fsp3) is 0.833. The van der Waals surface area contributed by atoms with Crippen LogP contribution in [0.2, 0.25) is 0 Å². The van der Waals surface area contributed by atoms with Crippen LogP contribution in [0.1, 0.15) is 44.2 Å². The average Bonchev–Trinajstić information content (AvgIpc) is 2.74. The van der Waals surface area contributed by atoms with Gasteiger partial charge in [-0.05, 0) is 31.2 Å². The maximum Gasteiger partial charge on any atom is 0.0728 e. The molecular weight excluding hydrogens is 200 g/mol. The van der Waals surface area contributed by atoms with E-state index < -0.39 is 0 Å². The Balaban J connectivity index is 2.18. The molecule has 0 bridgehead atoms. The number of nitrogens with zero attached hydrogens (tertiary/aromatic N) is 3. The summed E-state index contributed by atoms with van der Waals surface area (Å²) in [5, 5.41) is 8.03. The minimum atomic E-state index is 0.559. The highest BCUT2D eigenvalue weighted by Crippen LogP contribution is 2.40. The van der Waals surface area contributed by atoms with Gasteiger partial charge in [-0.25, -0.2) is 0 Å². The molecular formula is C12H22N4. The first-order valence-corrected chi connectivity index (χ1v) is 6.30. The Bertz CT molecular complexity index is 334. The third kappa shape index (κ3) is 2.12. The first-order valence-electron chi connectivity index (χ1n) is 6.30. The standard InChI is InChI=1S/C12H22N4/c1-3-9-4-5-10(7-13)11(6-9)12-8-14-15-16(12)2/h8-11H,3-7,13H2,1-2H3. The van der Waals surface area contributed by atoms with Crippen molar-refractivity contribution in [3.63, 3.8) is 0 Å². The van der Waals surface area contributed by atoms with Crippen molar-refractivity contribution < 1.29 is 0 Å². The molecule has 0 aliphatic heterocycles. The van der Waals surface area contributed by atoms with Gasteiger partial charge in [0.25, 0.3) is 0 Å². The lowest BCUT2D eigenvalue weighted by atomic mass is 9.72. The molecule has 1 aromatic rings. The quantitative estimate of drug-likeness (QED) is 0.846. The second kappa shape index (κ2) is 4.95. The van der Waals surface area contributed by atoms with E-state index in [0.29, 0.717) is 11.8 Å². The van der Waals surface area contributed by atoms with E-state index in [4.69, 9.17) is 5.73 Å². The minimum Gasteiger partial charge on any atom is -0.330 e. The molecule has 0 aromatic carbocycles. The Hall–Kier alpha value is -0.900. The molecule has 1 aliphatic rings. The van der Waals surface area contributed by atoms with Gasteiger partial charge >= 0.3 is 0 Å². The van der Waals surface area contributed by atoms with Crippen LogP contribution in [0.25, 0.3) is 0 Å². The lowest BCUT2D eigenvalue weighted by molar-refractivity contribution is 0.229. The van der Waals surface area contributed by atoms with Gasteiger partial charge in [-0.1, -0.05) is 25.0 Å². The van der Waals surface area contributed by atoms with Crippen LogP contribution in [-0.4, -0.2) is 21.5 Å². The van der Waals surface area contributed by atoms with Crippen molar-refractivity contribution in [2.75, 3.05) is 6.54 Å². The summed E-state index contributed by atoms with van der Waals surface area (Å²) >= 11 is 0. The summed E-state index contributed by atoms with van der Waals surface area (Å²) in [4.78, 5) is 0. The van der Waals surface area contributed by atoms with Gasteiger partial charge in [-0.15, -0.1) is 5.10 Å². The largest absolute Gasteiger partial charge is 0.330 e. The van der Waals surface area contributed by atoms with Crippen molar-refractivity contribution in [3.05, 3.63) is 11.9 Å². The third-order valence-electron chi connectivity index (χ3n) is 4.11. The SMILES string of the molecule is CCC1CCC(CN)C(c2cnnn2C)C1. The molecule has 16 heavy (non-hydrogen) atoms. The predicted molar refractivity (Wildman–Crippen MR) is 63.9 cm³/mol. The van der Waals surface area contributed by atoms with Crippen LogP contribution in [0.3, 0.4) is 0 Å². The summed E-state index contributed by atoms with van der Waals surface area (Å²) in [5.74, 6) is 2.02. The highest BCUT2D eigenvalue weighted by Gasteiger charge is 2.31. The van der Waals surface area contributed by atoms with Crippen molar-refractivity contribution in [2.24, 2.45) is 24.6 Å². The molecule has 1 aliphatic carbocycles. The molecule has 1 fully saturated rings. The highest BCUT2D eigenvalue weighted by atomic mass is 15.4. The second-order valence-electron chi connectivity index (χ2n) is 4.97. The van der Waals surface area contributed by atoms with Crippen molar-refractivity contribution in [3.8, 4) is 0 Å². The summed E-state index contributed by atoms with van der Waals surface area (Å²) in [6, 6.07) is 0. The van der Waals surface area contributed by atoms with Crippen LogP contribution in [0.5, 0.6) is 0 Å². The summed E-state index contributed by atoms with van der Waals surface area (Å²) in [6.07, 6.45) is 7.02. The zero-order chi connectivity index (χ0) is 11.5. The van der Waals surface area contributed by atoms with Crippen molar-refractivity contribution >= 4 is 0 Å². The number of hydrogen-bond donors (Lipinski definition) is 1. The third-order valence-corrected chi connectivity index (χ3v) is 4.11. The molecule has 90 valence electrons. The molecule has 0 amide bonds. The van der Waals surface area contributed by atoms with E-state index in [-0.39, 0.29) is 0 Å². The molecule has 1 saturated carbocycles. The Morgan fingerprint density at radius 2 is 2.31 bits per heavy atom. The minimum absolute atomic E-state index is 0.559. The number of rotatable bonds is 3. The molecule has 0 saturated heterocycles. The Labute approximate surface area is 97.2 Å². The lowest BCUT2D eigenvalue weighted by Gasteiger charge is -2.35. The Kier molecular flexibility index (Phi) is 3.59. The van der Waals surface area contributed by atoms with Gasteiger partial charge in [0.1, 0.15) is 0 Å². The molecule has 1 heterocycles. The van der Waals surface area contributed by atoms with Gasteiger partial charge in [-0.3, -0.25) is 4.68 Å². The van der Waals surface area contributed by atoms with Crippen molar-refractivity contribution in [2.45, 2.75) is 38.5 Å². The summed E-state index contributed by atoms with van der Waals surface area (Å²) in [6.45, 7) is 3.07. The van der Waals surface area contributed by atoms with E-state index in [0.717, 1.165) is 12.5 Å². The van der Waals surface area contributed by atoms with Crippen LogP contribution >= 0.6 is 0 Å². The second-order valence-corrected chi connectivity index (χ2v) is 4.97. The highest BCUT2D eigenvalue weighted by molar-refractivity contribution is 5.07. The molecule has 0 radical (unpaired) electrons. The summed E-state index contributed by atoms with van der Waals surface area (Å²) in [7, 11) is 1.98. The molecule has 3 atom stereocenters. The Morgan fingerprint density at radius 1 is 1.50 bits per heavy atom. The van der Waals surface area contributed by atoms with E-state index >= 15 is 0 Å². The lowest BCUT2D eigenvalue weighted by Crippen LogP contribution is -2.30. The fourth-order valence-electron chi connectivity index (χ4n) is 2.97. The van der Waals surface area contributed by atoms with Gasteiger partial charge in [-0.2, -0.15) is 0 Å². The van der Waals surface area contributed by atoms with E-state index in [2.05, 4.69) is 17.2 Å². The van der Waals surface area contributed by atoms with Crippen LogP contribution in [0, 0.1) is 11.8 Å². The van der Waals surface area contributed by atoms with Crippen LogP contribution in [0.4, 0.5) is 0 Å². The molecule has 2 rings (SSSR count). The molecule has 0 spiro atoms. The number of aromatic nitrogens is 3. The predicted octanol–water partition coefficient (Wildman–Crippen LogP) is 1.68. The Morgan fingerprint density at radius 3 is 2.88 bits per heavy atom. The van der Waals surface area contributed by atoms with E-state index in [9.17, 15) is 0 Å². The van der Waals surface area contributed by atoms with E-state index in [1.807, 2.05) is 17.9 Å². The zero-order valence-corrected chi connectivity index (χ0v) is 10.3. The first-order chi connectivity index (χ1) is 7.76. The van der Waals surface area contributed by atoms with Crippen LogP contribution in [-0.2, 0) is 7.05 Å². The molecule has 4 heteroatoms. The zero-order valence-electron chi connectivity index (χ0n) is 10.3. The molecule has 1 aromatic heterocycles. The van der Waals surface area contributed by atoms with Gasteiger partial charge in [0, 0.05) is 13.0 Å². The van der Waals surface area contributed by atoms with Crippen LogP contribution in [0.15, 0.2) is 6.20 Å². The smallest absolute Gasteiger partial charge is 0.0728 e. The van der Waals surface area contributed by atoms with Crippen molar-refractivity contribution in [1.29, 1.82) is 0 Å². The number of nitrogens with two attached hydrogens (primary N) is 1. The monoisotopic (exact) mass is 222 g/mol. The van der Waals surface area contributed by atoms with Crippen molar-refractivity contribution in [1.82, 2.24) is 15.0 Å². The van der Waals surface area contributed by atoms with Gasteiger partial charge in [0.05, 0.1) is 11.9 Å². The van der Waals surface area contributed by atoms with Crippen LogP contribution < -0.4 is 5.73 Å². The first kappa shape index (κ1) is 11.6. The van der Waals surface area contributed by atoms with E-state index in [1.54, 1.807) is 0 Å². The maximum absolute atomic E-state index is 5.89. The average molecular weight is 222 g/mol. The van der Waals surface area contributed by atoms with Gasteiger partial charge in [0.15, 0.2) is 0 Å². The normalized spacial score (nSPS) is 30.6. The van der Waals surface area contributed by atoms with E-state index in [1.165, 1.54) is 31.4 Å². The van der Waals surface area contributed by atoms with Gasteiger partial charge < -0.3 is 5.73 Å². The summed E-state index contributed by atoms with van der Waals surface area (Å²) in [5.41, 5.74) is 7.14. The van der Waals surface area contributed by atoms with Gasteiger partial charge in [0.2, 0.25) is 0 Å². The number of hydrogen-bond acceptors (Lipinski definition) is 3. The molecule has 4 nitrogen and oxygen atoms in total. The molecule has 2 N–H and O–H groups in total. The summed E-state index contributed by atoms with van der Waals surface area (Å²) < 4.78 is 1.91. The topological polar surface area (TPSA) is 56.7 Å². The number of aryl methyl sites for hydroxylation is 1. The maximum atomic E-state index is 5.89. The molecule has 3 unspecified atom stereocenters.